The Morgan fingerprint density at radius 1 is 1.16 bits per heavy atom. The fourth-order valence-electron chi connectivity index (χ4n) is 1.72. The number of aromatic nitrogens is 1. The van der Waals surface area contributed by atoms with Crippen LogP contribution >= 0.6 is 0 Å². The first-order valence-electron chi connectivity index (χ1n) is 5.78. The molecular formula is C14H15N3O2. The average Bonchev–Trinajstić information content (AvgIpc) is 2.35. The molecule has 2 rings (SSSR count). The van der Waals surface area contributed by atoms with Gasteiger partial charge in [0.15, 0.2) is 0 Å². The summed E-state index contributed by atoms with van der Waals surface area (Å²) in [4.78, 5) is 15.9. The van der Waals surface area contributed by atoms with Crippen molar-refractivity contribution in [3.05, 3.63) is 53.3 Å². The van der Waals surface area contributed by atoms with Crippen LogP contribution in [0.5, 0.6) is 0 Å². The molecule has 1 heterocycles. The number of carbonyl (C=O) groups excluding carboxylic acids is 1. The van der Waals surface area contributed by atoms with E-state index in [9.17, 15) is 4.79 Å². The van der Waals surface area contributed by atoms with Gasteiger partial charge in [0.2, 0.25) is 0 Å². The van der Waals surface area contributed by atoms with E-state index in [2.05, 4.69) is 4.98 Å². The minimum atomic E-state index is -0.458. The molecule has 0 amide bonds. The Labute approximate surface area is 111 Å². The van der Waals surface area contributed by atoms with Gasteiger partial charge >= 0.3 is 5.97 Å². The van der Waals surface area contributed by atoms with Gasteiger partial charge in [-0.3, -0.25) is 4.98 Å². The second-order valence-electron chi connectivity index (χ2n) is 4.34. The van der Waals surface area contributed by atoms with Gasteiger partial charge in [-0.1, -0.05) is 0 Å². The fraction of sp³-hybridized carbons (Fsp3) is 0.143. The molecule has 0 saturated heterocycles. The summed E-state index contributed by atoms with van der Waals surface area (Å²) in [5.74, 6) is -0.458. The van der Waals surface area contributed by atoms with Crippen LogP contribution < -0.4 is 11.5 Å². The largest absolute Gasteiger partial charge is 0.457 e. The summed E-state index contributed by atoms with van der Waals surface area (Å²) in [7, 11) is 0. The van der Waals surface area contributed by atoms with Crippen LogP contribution in [0, 0.1) is 6.92 Å². The van der Waals surface area contributed by atoms with Crippen LogP contribution in [0.2, 0.25) is 0 Å². The van der Waals surface area contributed by atoms with Gasteiger partial charge in [-0.15, -0.1) is 0 Å². The van der Waals surface area contributed by atoms with Crippen molar-refractivity contribution in [2.75, 3.05) is 11.5 Å². The lowest BCUT2D eigenvalue weighted by molar-refractivity contribution is 0.0472. The number of pyridine rings is 1. The molecule has 5 heteroatoms. The Kier molecular flexibility index (Phi) is 3.66. The molecule has 98 valence electrons. The van der Waals surface area contributed by atoms with Crippen molar-refractivity contribution < 1.29 is 9.53 Å². The first kappa shape index (κ1) is 12.9. The van der Waals surface area contributed by atoms with E-state index in [1.165, 1.54) is 12.1 Å². The zero-order valence-electron chi connectivity index (χ0n) is 10.6. The van der Waals surface area contributed by atoms with Crippen LogP contribution in [-0.2, 0) is 11.3 Å². The number of aryl methyl sites for hydroxylation is 1. The van der Waals surface area contributed by atoms with Crippen LogP contribution in [-0.4, -0.2) is 11.0 Å². The van der Waals surface area contributed by atoms with Crippen LogP contribution in [0.1, 0.15) is 21.5 Å². The summed E-state index contributed by atoms with van der Waals surface area (Å²) in [6, 6.07) is 6.57. The zero-order chi connectivity index (χ0) is 13.8. The maximum Gasteiger partial charge on any atom is 0.338 e. The lowest BCUT2D eigenvalue weighted by atomic mass is 10.2. The summed E-state index contributed by atoms with van der Waals surface area (Å²) in [5, 5.41) is 0. The third-order valence-electron chi connectivity index (χ3n) is 2.51. The van der Waals surface area contributed by atoms with E-state index in [0.29, 0.717) is 16.9 Å². The van der Waals surface area contributed by atoms with Gasteiger partial charge < -0.3 is 16.2 Å². The van der Waals surface area contributed by atoms with E-state index in [1.54, 1.807) is 18.5 Å². The predicted molar refractivity (Wildman–Crippen MR) is 73.4 cm³/mol. The molecule has 0 saturated carbocycles. The minimum absolute atomic E-state index is 0.169. The number of ether oxygens (including phenoxy) is 1. The van der Waals surface area contributed by atoms with Crippen LogP contribution in [0.25, 0.3) is 0 Å². The molecule has 1 aromatic heterocycles. The number of esters is 1. The van der Waals surface area contributed by atoms with E-state index in [1.807, 2.05) is 13.0 Å². The number of anilines is 2. The number of carbonyl (C=O) groups is 1. The number of rotatable bonds is 3. The molecule has 0 aliphatic heterocycles. The van der Waals surface area contributed by atoms with Crippen molar-refractivity contribution in [2.24, 2.45) is 0 Å². The molecule has 0 atom stereocenters. The second-order valence-corrected chi connectivity index (χ2v) is 4.34. The maximum absolute atomic E-state index is 11.9. The predicted octanol–water partition coefficient (Wildman–Crippen LogP) is 1.91. The lowest BCUT2D eigenvalue weighted by Gasteiger charge is -2.07. The molecule has 4 N–H and O–H groups in total. The van der Waals surface area contributed by atoms with Gasteiger partial charge in [-0.25, -0.2) is 4.79 Å². The van der Waals surface area contributed by atoms with Crippen molar-refractivity contribution in [3.8, 4) is 0 Å². The summed E-state index contributed by atoms with van der Waals surface area (Å²) < 4.78 is 5.19. The Hall–Kier alpha value is -2.56. The monoisotopic (exact) mass is 257 g/mol. The normalized spacial score (nSPS) is 10.2. The van der Waals surface area contributed by atoms with Crippen molar-refractivity contribution >= 4 is 17.3 Å². The Morgan fingerprint density at radius 2 is 1.84 bits per heavy atom. The highest BCUT2D eigenvalue weighted by molar-refractivity contribution is 5.91. The molecular weight excluding hydrogens is 242 g/mol. The van der Waals surface area contributed by atoms with Gasteiger partial charge in [0.25, 0.3) is 0 Å². The number of nitrogens with two attached hydrogens (primary N) is 2. The SMILES string of the molecule is Cc1cncc(COC(=O)c2cc(N)cc(N)c2)c1. The first-order chi connectivity index (χ1) is 9.04. The van der Waals surface area contributed by atoms with E-state index in [-0.39, 0.29) is 6.61 Å². The van der Waals surface area contributed by atoms with Gasteiger partial charge in [0.1, 0.15) is 6.61 Å². The minimum Gasteiger partial charge on any atom is -0.457 e. The van der Waals surface area contributed by atoms with Crippen molar-refractivity contribution in [2.45, 2.75) is 13.5 Å². The molecule has 0 spiro atoms. The smallest absolute Gasteiger partial charge is 0.338 e. The summed E-state index contributed by atoms with van der Waals surface area (Å²) in [6.07, 6.45) is 3.40. The molecule has 0 bridgehead atoms. The van der Waals surface area contributed by atoms with Gasteiger partial charge in [-0.2, -0.15) is 0 Å². The van der Waals surface area contributed by atoms with Crippen LogP contribution in [0.3, 0.4) is 0 Å². The second kappa shape index (κ2) is 5.39. The number of nitrogen functional groups attached to an aromatic ring is 2. The summed E-state index contributed by atoms with van der Waals surface area (Å²) in [6.45, 7) is 2.10. The standard InChI is InChI=1S/C14H15N3O2/c1-9-2-10(7-17-6-9)8-19-14(18)11-3-12(15)5-13(16)4-11/h2-7H,8,15-16H2,1H3. The highest BCUT2D eigenvalue weighted by Crippen LogP contribution is 2.15. The fourth-order valence-corrected chi connectivity index (χ4v) is 1.72. The Bertz CT molecular complexity index is 591. The molecule has 0 aliphatic rings. The maximum atomic E-state index is 11.9. The third kappa shape index (κ3) is 3.45. The number of hydrogen-bond donors (Lipinski definition) is 2. The molecule has 1 aromatic carbocycles. The van der Waals surface area contributed by atoms with Crippen molar-refractivity contribution in [3.63, 3.8) is 0 Å². The molecule has 0 unspecified atom stereocenters. The number of benzene rings is 1. The number of nitrogens with zero attached hydrogens (tertiary/aromatic N) is 1. The highest BCUT2D eigenvalue weighted by atomic mass is 16.5. The van der Waals surface area contributed by atoms with Gasteiger partial charge in [0.05, 0.1) is 5.56 Å². The average molecular weight is 257 g/mol. The quantitative estimate of drug-likeness (QED) is 0.647. The van der Waals surface area contributed by atoms with Gasteiger partial charge in [0, 0.05) is 29.3 Å². The Balaban J connectivity index is 2.05. The van der Waals surface area contributed by atoms with Crippen LogP contribution in [0.15, 0.2) is 36.7 Å². The zero-order valence-corrected chi connectivity index (χ0v) is 10.6. The highest BCUT2D eigenvalue weighted by Gasteiger charge is 2.09. The molecule has 5 nitrogen and oxygen atoms in total. The molecule has 0 aliphatic carbocycles. The topological polar surface area (TPSA) is 91.2 Å². The van der Waals surface area contributed by atoms with Gasteiger partial charge in [-0.05, 0) is 36.8 Å². The van der Waals surface area contributed by atoms with Crippen LogP contribution in [0.4, 0.5) is 11.4 Å². The summed E-state index contributed by atoms with van der Waals surface area (Å²) in [5.41, 5.74) is 14.3. The van der Waals surface area contributed by atoms with E-state index in [4.69, 9.17) is 16.2 Å². The first-order valence-corrected chi connectivity index (χ1v) is 5.78. The summed E-state index contributed by atoms with van der Waals surface area (Å²) >= 11 is 0. The van der Waals surface area contributed by atoms with E-state index in [0.717, 1.165) is 11.1 Å². The van der Waals surface area contributed by atoms with E-state index < -0.39 is 5.97 Å². The molecule has 2 aromatic rings. The lowest BCUT2D eigenvalue weighted by Crippen LogP contribution is -2.07. The van der Waals surface area contributed by atoms with Crippen molar-refractivity contribution in [1.29, 1.82) is 0 Å². The Morgan fingerprint density at radius 3 is 2.47 bits per heavy atom. The number of hydrogen-bond acceptors (Lipinski definition) is 5. The molecule has 19 heavy (non-hydrogen) atoms. The third-order valence-corrected chi connectivity index (χ3v) is 2.51. The molecule has 0 fully saturated rings. The van der Waals surface area contributed by atoms with E-state index >= 15 is 0 Å². The van der Waals surface area contributed by atoms with Crippen molar-refractivity contribution in [1.82, 2.24) is 4.98 Å². The molecule has 0 radical (unpaired) electrons.